The zero-order chi connectivity index (χ0) is 21.0. The molecule has 0 radical (unpaired) electrons. The molecule has 2 fully saturated rings. The number of nitrogens with one attached hydrogen (secondary N) is 2. The number of H-pyrrole nitrogens is 1. The molecule has 1 aromatic heterocycles. The van der Waals surface area contributed by atoms with Crippen LogP contribution in [-0.2, 0) is 20.7 Å². The van der Waals surface area contributed by atoms with Crippen molar-refractivity contribution in [2.45, 2.75) is 18.1 Å². The normalized spacial score (nSPS) is 28.5. The van der Waals surface area contributed by atoms with Crippen molar-refractivity contribution < 1.29 is 14.3 Å². The number of carbonyl (C=O) groups excluding carboxylic acids is 2. The molecule has 2 aromatic carbocycles. The van der Waals surface area contributed by atoms with Crippen molar-refractivity contribution in [1.82, 2.24) is 9.88 Å². The number of aromatic nitrogens is 1. The molecule has 2 saturated heterocycles. The standard InChI is InChI=1S/C25H23N3O3/c29-23(27-17-6-2-1-3-7-17)21-20-10-12-25(31-20)15-28(24(30)22(21)25)13-11-16-14-26-19-9-5-4-8-18(16)19/h1-10,12,14,20-22,26H,11,13,15H2,(H,27,29)/t20-,21+,22+,25-/m0/s1. The van der Waals surface area contributed by atoms with Crippen LogP contribution in [0.25, 0.3) is 10.9 Å². The summed E-state index contributed by atoms with van der Waals surface area (Å²) in [6.45, 7) is 1.11. The van der Waals surface area contributed by atoms with Crippen molar-refractivity contribution in [3.05, 3.63) is 78.5 Å². The van der Waals surface area contributed by atoms with Gasteiger partial charge in [0.15, 0.2) is 0 Å². The highest BCUT2D eigenvalue weighted by molar-refractivity contribution is 5.99. The predicted octanol–water partition coefficient (Wildman–Crippen LogP) is 3.13. The van der Waals surface area contributed by atoms with Crippen LogP contribution in [0.1, 0.15) is 5.56 Å². The molecule has 4 heterocycles. The Balaban J connectivity index is 1.21. The number of para-hydroxylation sites is 2. The van der Waals surface area contributed by atoms with E-state index in [1.54, 1.807) is 0 Å². The number of anilines is 1. The maximum Gasteiger partial charge on any atom is 0.231 e. The number of aromatic amines is 1. The van der Waals surface area contributed by atoms with Gasteiger partial charge in [-0.15, -0.1) is 0 Å². The van der Waals surface area contributed by atoms with Crippen molar-refractivity contribution in [2.24, 2.45) is 11.8 Å². The number of fused-ring (bicyclic) bond motifs is 2. The monoisotopic (exact) mass is 413 g/mol. The van der Waals surface area contributed by atoms with E-state index >= 15 is 0 Å². The van der Waals surface area contributed by atoms with Crippen LogP contribution in [-0.4, -0.2) is 46.5 Å². The smallest absolute Gasteiger partial charge is 0.231 e. The summed E-state index contributed by atoms with van der Waals surface area (Å²) in [5, 5.41) is 4.15. The number of likely N-dealkylation sites (tertiary alicyclic amines) is 1. The molecule has 6 nitrogen and oxygen atoms in total. The molecule has 1 spiro atoms. The number of hydrogen-bond donors (Lipinski definition) is 2. The van der Waals surface area contributed by atoms with Crippen LogP contribution in [0, 0.1) is 11.8 Å². The van der Waals surface area contributed by atoms with Gasteiger partial charge < -0.3 is 19.9 Å². The molecule has 2 amide bonds. The quantitative estimate of drug-likeness (QED) is 0.631. The number of hydrogen-bond acceptors (Lipinski definition) is 3. The molecule has 0 saturated carbocycles. The van der Waals surface area contributed by atoms with Gasteiger partial charge in [0.25, 0.3) is 0 Å². The second-order valence-corrected chi connectivity index (χ2v) is 8.62. The fourth-order valence-electron chi connectivity index (χ4n) is 5.41. The van der Waals surface area contributed by atoms with Crippen LogP contribution in [0.2, 0.25) is 0 Å². The first-order chi connectivity index (χ1) is 15.1. The summed E-state index contributed by atoms with van der Waals surface area (Å²) in [6, 6.07) is 17.5. The topological polar surface area (TPSA) is 74.4 Å². The number of carbonyl (C=O) groups is 2. The molecule has 6 rings (SSSR count). The molecular formula is C25H23N3O3. The summed E-state index contributed by atoms with van der Waals surface area (Å²) in [7, 11) is 0. The molecule has 3 aliphatic heterocycles. The minimum atomic E-state index is -0.680. The summed E-state index contributed by atoms with van der Waals surface area (Å²) in [5.74, 6) is -1.11. The lowest BCUT2D eigenvalue weighted by Crippen LogP contribution is -2.41. The Morgan fingerprint density at radius 1 is 1.16 bits per heavy atom. The van der Waals surface area contributed by atoms with Gasteiger partial charge in [0, 0.05) is 29.3 Å². The van der Waals surface area contributed by atoms with E-state index in [1.807, 2.05) is 65.7 Å². The average molecular weight is 413 g/mol. The van der Waals surface area contributed by atoms with E-state index in [-0.39, 0.29) is 17.9 Å². The van der Waals surface area contributed by atoms with Gasteiger partial charge >= 0.3 is 0 Å². The molecule has 156 valence electrons. The highest BCUT2D eigenvalue weighted by Crippen LogP contribution is 2.52. The fourth-order valence-corrected chi connectivity index (χ4v) is 5.41. The summed E-state index contributed by atoms with van der Waals surface area (Å²) < 4.78 is 6.22. The first-order valence-corrected chi connectivity index (χ1v) is 10.7. The van der Waals surface area contributed by atoms with Crippen molar-refractivity contribution in [1.29, 1.82) is 0 Å². The highest BCUT2D eigenvalue weighted by atomic mass is 16.5. The lowest BCUT2D eigenvalue weighted by molar-refractivity contribution is -0.135. The Morgan fingerprint density at radius 3 is 2.84 bits per heavy atom. The number of benzene rings is 2. The van der Waals surface area contributed by atoms with E-state index in [1.165, 1.54) is 10.9 Å². The Kier molecular flexibility index (Phi) is 4.05. The SMILES string of the molecule is O=C(Nc1ccccc1)[C@@H]1[C@@H]2C=C[C@@]3(CN(CCc4c[nH]c5ccccc45)C(=O)[C@@H]13)O2. The zero-order valence-corrected chi connectivity index (χ0v) is 17.0. The molecule has 6 heteroatoms. The van der Waals surface area contributed by atoms with Crippen LogP contribution >= 0.6 is 0 Å². The second-order valence-electron chi connectivity index (χ2n) is 8.62. The second kappa shape index (κ2) is 6.82. The van der Waals surface area contributed by atoms with Gasteiger partial charge in [-0.2, -0.15) is 0 Å². The van der Waals surface area contributed by atoms with Crippen molar-refractivity contribution in [3.63, 3.8) is 0 Å². The van der Waals surface area contributed by atoms with Crippen LogP contribution in [0.4, 0.5) is 5.69 Å². The predicted molar refractivity (Wildman–Crippen MR) is 117 cm³/mol. The summed E-state index contributed by atoms with van der Waals surface area (Å²) >= 11 is 0. The van der Waals surface area contributed by atoms with E-state index in [0.29, 0.717) is 13.1 Å². The first-order valence-electron chi connectivity index (χ1n) is 10.7. The van der Waals surface area contributed by atoms with E-state index < -0.39 is 17.4 Å². The van der Waals surface area contributed by atoms with Gasteiger partial charge in [0.1, 0.15) is 5.60 Å². The van der Waals surface area contributed by atoms with Crippen molar-refractivity contribution in [2.75, 3.05) is 18.4 Å². The Hall–Kier alpha value is -3.38. The Labute approximate surface area is 179 Å². The maximum absolute atomic E-state index is 13.4. The average Bonchev–Trinajstić information content (AvgIpc) is 3.53. The Morgan fingerprint density at radius 2 is 1.97 bits per heavy atom. The van der Waals surface area contributed by atoms with E-state index in [4.69, 9.17) is 4.74 Å². The molecule has 3 aromatic rings. The number of ether oxygens (including phenoxy) is 1. The fraction of sp³-hybridized carbons (Fsp3) is 0.280. The third kappa shape index (κ3) is 2.82. The van der Waals surface area contributed by atoms with Gasteiger partial charge in [0.05, 0.1) is 24.5 Å². The van der Waals surface area contributed by atoms with Gasteiger partial charge in [-0.25, -0.2) is 0 Å². The molecule has 2 N–H and O–H groups in total. The van der Waals surface area contributed by atoms with Crippen LogP contribution in [0.15, 0.2) is 72.9 Å². The highest BCUT2D eigenvalue weighted by Gasteiger charge is 2.66. The molecule has 2 bridgehead atoms. The summed E-state index contributed by atoms with van der Waals surface area (Å²) in [5.41, 5.74) is 2.34. The van der Waals surface area contributed by atoms with Gasteiger partial charge in [-0.1, -0.05) is 48.6 Å². The number of amides is 2. The van der Waals surface area contributed by atoms with Gasteiger partial charge in [-0.05, 0) is 30.2 Å². The van der Waals surface area contributed by atoms with Crippen LogP contribution in [0.3, 0.4) is 0 Å². The number of nitrogens with zero attached hydrogens (tertiary/aromatic N) is 1. The maximum atomic E-state index is 13.4. The Bertz CT molecular complexity index is 1200. The van der Waals surface area contributed by atoms with Crippen molar-refractivity contribution >= 4 is 28.4 Å². The minimum absolute atomic E-state index is 0.0138. The van der Waals surface area contributed by atoms with E-state index in [0.717, 1.165) is 17.6 Å². The van der Waals surface area contributed by atoms with Crippen molar-refractivity contribution in [3.8, 4) is 0 Å². The molecule has 31 heavy (non-hydrogen) atoms. The third-order valence-electron chi connectivity index (χ3n) is 6.85. The molecular weight excluding hydrogens is 390 g/mol. The lowest BCUT2D eigenvalue weighted by Gasteiger charge is -2.23. The number of rotatable bonds is 5. The van der Waals surface area contributed by atoms with Crippen LogP contribution < -0.4 is 5.32 Å². The molecule has 4 atom stereocenters. The zero-order valence-electron chi connectivity index (χ0n) is 17.0. The van der Waals surface area contributed by atoms with E-state index in [2.05, 4.69) is 22.4 Å². The molecule has 3 aliphatic rings. The van der Waals surface area contributed by atoms with E-state index in [9.17, 15) is 9.59 Å². The summed E-state index contributed by atoms with van der Waals surface area (Å²) in [6.07, 6.45) is 6.38. The largest absolute Gasteiger partial charge is 0.361 e. The van der Waals surface area contributed by atoms with Gasteiger partial charge in [0.2, 0.25) is 11.8 Å². The molecule has 0 aliphatic carbocycles. The minimum Gasteiger partial charge on any atom is -0.361 e. The van der Waals surface area contributed by atoms with Crippen LogP contribution in [0.5, 0.6) is 0 Å². The summed E-state index contributed by atoms with van der Waals surface area (Å²) in [4.78, 5) is 31.6. The first kappa shape index (κ1) is 18.4. The molecule has 0 unspecified atom stereocenters. The third-order valence-corrected chi connectivity index (χ3v) is 6.85. The van der Waals surface area contributed by atoms with Gasteiger partial charge in [-0.3, -0.25) is 9.59 Å². The lowest BCUT2D eigenvalue weighted by atomic mass is 9.77.